The second-order valence-corrected chi connectivity index (χ2v) is 25.6. The zero-order valence-electron chi connectivity index (χ0n) is 58.1. The van der Waals surface area contributed by atoms with Gasteiger partial charge >= 0.3 is 0 Å². The minimum absolute atomic E-state index is 0.758. The van der Waals surface area contributed by atoms with Crippen molar-refractivity contribution >= 4 is 0 Å². The molecule has 0 saturated heterocycles. The Balaban J connectivity index is 0.000000183. The van der Waals surface area contributed by atoms with E-state index in [-0.39, 0.29) is 0 Å². The van der Waals surface area contributed by atoms with E-state index in [1.807, 2.05) is 14.0 Å². The smallest absolute Gasteiger partial charge is 0.113 e. The Kier molecular flexibility index (Phi) is 19.5. The molecule has 85 heavy (non-hydrogen) atoms. The van der Waals surface area contributed by atoms with Crippen LogP contribution in [-0.2, 0) is 25.9 Å². The SMILES string of the molecule is Cc1c(C)c(C)c(Cc2cn(-c3c(C)c(C)c(C)c(C)c3C)nn2)c(C)c1C.Cc1c(C)c(C)c(Cc2cn(Cc3c(C)c(C)c(C)c(C)c3C)nn2)c(C)c1C.Cc1c(C)c(C)c(Cn2cc(-c3c(C)c(C)c(C)c(C)c3C)nn2)c(C)c1C. The molecule has 3 aromatic heterocycles. The van der Waals surface area contributed by atoms with Crippen LogP contribution in [0.4, 0.5) is 0 Å². The largest absolute Gasteiger partial charge is 0.248 e. The van der Waals surface area contributed by atoms with E-state index in [2.05, 4.69) is 257 Å². The van der Waals surface area contributed by atoms with Crippen LogP contribution in [0.25, 0.3) is 16.9 Å². The molecule has 450 valence electrons. The number of aromatic nitrogens is 9. The number of rotatable bonds is 10. The first-order valence-electron chi connectivity index (χ1n) is 30.7. The lowest BCUT2D eigenvalue weighted by atomic mass is 9.88. The molecule has 3 heterocycles. The van der Waals surface area contributed by atoms with Crippen LogP contribution in [0.5, 0.6) is 0 Å². The van der Waals surface area contributed by atoms with E-state index < -0.39 is 0 Å². The van der Waals surface area contributed by atoms with Gasteiger partial charge in [-0.25, -0.2) is 14.0 Å². The molecule has 0 fully saturated rings. The fourth-order valence-corrected chi connectivity index (χ4v) is 13.2. The highest BCUT2D eigenvalue weighted by atomic mass is 15.4. The predicted octanol–water partition coefficient (Wildman–Crippen LogP) is 18.0. The number of hydrogen-bond donors (Lipinski definition) is 0. The Labute approximate surface area is 512 Å². The number of nitrogens with zero attached hydrogens (tertiary/aromatic N) is 9. The minimum atomic E-state index is 0.758. The summed E-state index contributed by atoms with van der Waals surface area (Å²) in [5.41, 5.74) is 52.0. The first kappa shape index (κ1) is 65.3. The van der Waals surface area contributed by atoms with Crippen LogP contribution in [0.1, 0.15) is 201 Å². The van der Waals surface area contributed by atoms with Gasteiger partial charge in [0.25, 0.3) is 0 Å². The van der Waals surface area contributed by atoms with Crippen molar-refractivity contribution in [1.29, 1.82) is 0 Å². The first-order valence-corrected chi connectivity index (χ1v) is 30.7. The van der Waals surface area contributed by atoms with Crippen LogP contribution < -0.4 is 0 Å². The van der Waals surface area contributed by atoms with Crippen molar-refractivity contribution in [2.24, 2.45) is 0 Å². The molecule has 0 unspecified atom stereocenters. The van der Waals surface area contributed by atoms with Crippen LogP contribution >= 0.6 is 0 Å². The van der Waals surface area contributed by atoms with Crippen molar-refractivity contribution in [2.45, 2.75) is 234 Å². The van der Waals surface area contributed by atoms with Gasteiger partial charge in [0.15, 0.2) is 0 Å². The lowest BCUT2D eigenvalue weighted by molar-refractivity contribution is 0.643. The van der Waals surface area contributed by atoms with Crippen molar-refractivity contribution in [3.05, 3.63) is 219 Å². The van der Waals surface area contributed by atoms with E-state index in [1.54, 1.807) is 0 Å². The van der Waals surface area contributed by atoms with Crippen LogP contribution in [0.15, 0.2) is 18.6 Å². The summed E-state index contributed by atoms with van der Waals surface area (Å²) >= 11 is 0. The molecule has 0 saturated carbocycles. The molecule has 6 aromatic carbocycles. The third kappa shape index (κ3) is 12.2. The standard InChI is InChI=1S/C26H35N3.2C25H33N3/c1-14-16(3)20(7)25(21(8)17(14)4)11-24-12-29(28-27-24)13-26-22(9)18(5)15(2)19(6)23(26)10;1-13-15(3)19(7)23(20(8)16(13)4)11-28-12-24(26-27-28)25-21(9)17(5)14(2)18(6)22(25)10;1-13-15(3)19(7)24(20(8)16(13)4)11-23-12-28(27-26-23)25-21(9)17(5)14(2)18(6)22(25)10/h12H,11,13H2,1-10H3;2*12H,11H2,1-10H3. The fraction of sp³-hybridized carbons (Fsp3) is 0.447. The van der Waals surface area contributed by atoms with E-state index in [0.29, 0.717) is 0 Å². The van der Waals surface area contributed by atoms with E-state index in [0.717, 1.165) is 43.0 Å². The van der Waals surface area contributed by atoms with Crippen molar-refractivity contribution in [2.75, 3.05) is 0 Å². The molecule has 0 aliphatic carbocycles. The average molecular weight is 1140 g/mol. The lowest BCUT2D eigenvalue weighted by Gasteiger charge is -2.18. The van der Waals surface area contributed by atoms with Gasteiger partial charge in [-0.2, -0.15) is 0 Å². The molecular weight excluding hydrogens is 1040 g/mol. The summed E-state index contributed by atoms with van der Waals surface area (Å²) in [6, 6.07) is 0. The zero-order chi connectivity index (χ0) is 63.4. The van der Waals surface area contributed by atoms with Gasteiger partial charge in [0.05, 0.1) is 42.6 Å². The minimum Gasteiger partial charge on any atom is -0.248 e. The highest BCUT2D eigenvalue weighted by Gasteiger charge is 2.22. The van der Waals surface area contributed by atoms with Crippen molar-refractivity contribution in [3.8, 4) is 16.9 Å². The molecule has 0 atom stereocenters. The van der Waals surface area contributed by atoms with Crippen molar-refractivity contribution in [3.63, 3.8) is 0 Å². The Hall–Kier alpha value is -7.26. The number of hydrogen-bond acceptors (Lipinski definition) is 6. The Morgan fingerprint density at radius 3 is 0.824 bits per heavy atom. The molecule has 9 heteroatoms. The molecule has 9 aromatic rings. The van der Waals surface area contributed by atoms with E-state index >= 15 is 0 Å². The summed E-state index contributed by atoms with van der Waals surface area (Å²) < 4.78 is 5.96. The van der Waals surface area contributed by atoms with Gasteiger partial charge in [0, 0.05) is 24.6 Å². The van der Waals surface area contributed by atoms with Gasteiger partial charge in [-0.15, -0.1) is 15.3 Å². The van der Waals surface area contributed by atoms with E-state index in [1.165, 1.54) is 200 Å². The van der Waals surface area contributed by atoms with Crippen LogP contribution in [0.2, 0.25) is 0 Å². The third-order valence-electron chi connectivity index (χ3n) is 22.1. The molecule has 0 spiro atoms. The first-order chi connectivity index (χ1) is 39.7. The Bertz CT molecular complexity index is 3670. The molecule has 9 nitrogen and oxygen atoms in total. The Morgan fingerprint density at radius 2 is 0.482 bits per heavy atom. The molecule has 0 bridgehead atoms. The quantitative estimate of drug-likeness (QED) is 0.135. The molecule has 0 amide bonds. The van der Waals surface area contributed by atoms with Crippen molar-refractivity contribution in [1.82, 2.24) is 45.0 Å². The average Bonchev–Trinajstić information content (AvgIpc) is 4.31. The maximum Gasteiger partial charge on any atom is 0.113 e. The molecule has 9 rings (SSSR count). The van der Waals surface area contributed by atoms with E-state index in [9.17, 15) is 0 Å². The summed E-state index contributed by atoms with van der Waals surface area (Å²) in [5.74, 6) is 0. The van der Waals surface area contributed by atoms with Gasteiger partial charge < -0.3 is 0 Å². The van der Waals surface area contributed by atoms with Gasteiger partial charge in [-0.05, 0) is 397 Å². The molecular formula is C76H101N9. The summed E-state index contributed by atoms with van der Waals surface area (Å²) in [6.07, 6.45) is 7.98. The van der Waals surface area contributed by atoms with Crippen molar-refractivity contribution < 1.29 is 0 Å². The second-order valence-electron chi connectivity index (χ2n) is 25.6. The summed E-state index contributed by atoms with van der Waals surface area (Å²) in [4.78, 5) is 0. The fourth-order valence-electron chi connectivity index (χ4n) is 13.2. The summed E-state index contributed by atoms with van der Waals surface area (Å²) in [6.45, 7) is 68.0. The zero-order valence-corrected chi connectivity index (χ0v) is 58.1. The Morgan fingerprint density at radius 1 is 0.235 bits per heavy atom. The highest BCUT2D eigenvalue weighted by molar-refractivity contribution is 5.71. The van der Waals surface area contributed by atoms with Gasteiger partial charge in [0.2, 0.25) is 0 Å². The van der Waals surface area contributed by atoms with Crippen LogP contribution in [-0.4, -0.2) is 45.0 Å². The molecule has 0 N–H and O–H groups in total. The molecule has 0 aliphatic rings. The summed E-state index contributed by atoms with van der Waals surface area (Å²) in [5, 5.41) is 27.0. The van der Waals surface area contributed by atoms with Gasteiger partial charge in [-0.1, -0.05) is 15.6 Å². The lowest BCUT2D eigenvalue weighted by Crippen LogP contribution is -2.08. The highest BCUT2D eigenvalue weighted by Crippen LogP contribution is 2.36. The maximum absolute atomic E-state index is 4.55. The maximum atomic E-state index is 4.55. The van der Waals surface area contributed by atoms with Crippen LogP contribution in [0.3, 0.4) is 0 Å². The third-order valence-corrected chi connectivity index (χ3v) is 22.1. The summed E-state index contributed by atoms with van der Waals surface area (Å²) in [7, 11) is 0. The second kappa shape index (κ2) is 25.4. The van der Waals surface area contributed by atoms with Crippen LogP contribution in [0, 0.1) is 208 Å². The molecule has 0 aliphatic heterocycles. The monoisotopic (exact) mass is 1140 g/mol. The van der Waals surface area contributed by atoms with Gasteiger partial charge in [0.1, 0.15) is 5.69 Å². The molecule has 0 radical (unpaired) electrons. The predicted molar refractivity (Wildman–Crippen MR) is 359 cm³/mol. The van der Waals surface area contributed by atoms with Gasteiger partial charge in [-0.3, -0.25) is 0 Å². The van der Waals surface area contributed by atoms with E-state index in [4.69, 9.17) is 0 Å². The normalized spacial score (nSPS) is 11.4. The topological polar surface area (TPSA) is 92.1 Å². The number of benzene rings is 6.